The van der Waals surface area contributed by atoms with E-state index in [1.807, 2.05) is 0 Å². The predicted molar refractivity (Wildman–Crippen MR) is 106 cm³/mol. The van der Waals surface area contributed by atoms with Gasteiger partial charge in [0.15, 0.2) is 4.33 Å². The number of carbonyl (C=O) groups excluding carboxylic acids is 1. The van der Waals surface area contributed by atoms with Crippen LogP contribution in [0.3, 0.4) is 0 Å². The lowest BCUT2D eigenvalue weighted by atomic mass is 9.69. The maximum absolute atomic E-state index is 12.4. The molecule has 0 heterocycles. The van der Waals surface area contributed by atoms with E-state index in [9.17, 15) is 4.79 Å². The Morgan fingerprint density at radius 2 is 1.60 bits per heavy atom. The number of unbranched alkanes of at least 4 members (excludes halogenated alkanes) is 1. The Labute approximate surface area is 182 Å². The van der Waals surface area contributed by atoms with Crippen LogP contribution in [-0.2, 0) is 9.53 Å². The monoisotopic (exact) mass is 486 g/mol. The Kier molecular flexibility index (Phi) is 6.08. The first kappa shape index (κ1) is 21.0. The summed E-state index contributed by atoms with van der Waals surface area (Å²) in [4.78, 5) is 9.86. The lowest BCUT2D eigenvalue weighted by Gasteiger charge is -2.42. The van der Waals surface area contributed by atoms with Crippen molar-refractivity contribution < 1.29 is 9.53 Å². The van der Waals surface area contributed by atoms with Crippen molar-refractivity contribution in [2.75, 3.05) is 12.5 Å². The molecule has 0 saturated heterocycles. The minimum atomic E-state index is -1.54. The van der Waals surface area contributed by atoms with Gasteiger partial charge in [-0.1, -0.05) is 46.4 Å². The predicted octanol–water partition coefficient (Wildman–Crippen LogP) is 6.43. The van der Waals surface area contributed by atoms with Crippen molar-refractivity contribution in [3.8, 4) is 0 Å². The second-order valence-corrected chi connectivity index (χ2v) is 10.6. The number of halogens is 7. The molecule has 0 aliphatic heterocycles. The summed E-state index contributed by atoms with van der Waals surface area (Å²) < 4.78 is 3.82. The fourth-order valence-electron chi connectivity index (χ4n) is 4.44. The third-order valence-corrected chi connectivity index (χ3v) is 10.3. The summed E-state index contributed by atoms with van der Waals surface area (Å²) in [6, 6.07) is 0. The number of ether oxygens (including phenoxy) is 1. The summed E-state index contributed by atoms with van der Waals surface area (Å²) in [5.41, 5.74) is 0. The average molecular weight is 489 g/mol. The van der Waals surface area contributed by atoms with Gasteiger partial charge >= 0.3 is 5.97 Å². The van der Waals surface area contributed by atoms with Gasteiger partial charge in [0.05, 0.1) is 22.6 Å². The molecular formula is C16H17Cl7O2. The Bertz CT molecular complexity index is 607. The number of fused-ring (bicyclic) bond motifs is 5. The van der Waals surface area contributed by atoms with E-state index in [1.54, 1.807) is 0 Å². The van der Waals surface area contributed by atoms with E-state index in [4.69, 9.17) is 85.9 Å². The molecule has 3 aliphatic carbocycles. The van der Waals surface area contributed by atoms with Gasteiger partial charge in [-0.05, 0) is 43.9 Å². The molecule has 9 heteroatoms. The Morgan fingerprint density at radius 1 is 1.00 bits per heavy atom. The molecule has 0 radical (unpaired) electrons. The molecule has 2 nitrogen and oxygen atoms in total. The fourth-order valence-corrected chi connectivity index (χ4v) is 7.76. The van der Waals surface area contributed by atoms with Crippen LogP contribution in [0.5, 0.6) is 0 Å². The summed E-state index contributed by atoms with van der Waals surface area (Å²) in [6.45, 7) is 0.364. The molecule has 3 aliphatic rings. The third-order valence-electron chi connectivity index (χ3n) is 5.72. The van der Waals surface area contributed by atoms with Crippen molar-refractivity contribution in [1.82, 2.24) is 0 Å². The second-order valence-electron chi connectivity index (χ2n) is 6.91. The number of rotatable bonds is 5. The van der Waals surface area contributed by atoms with E-state index in [1.165, 1.54) is 0 Å². The molecule has 0 N–H and O–H groups in total. The van der Waals surface area contributed by atoms with Crippen molar-refractivity contribution in [1.29, 1.82) is 0 Å². The molecule has 0 spiro atoms. The summed E-state index contributed by atoms with van der Waals surface area (Å²) in [6.07, 6.45) is 3.28. The van der Waals surface area contributed by atoms with Crippen LogP contribution >= 0.6 is 81.2 Å². The molecule has 0 aromatic carbocycles. The van der Waals surface area contributed by atoms with E-state index in [0.717, 1.165) is 12.8 Å². The molecule has 0 aromatic heterocycles. The van der Waals surface area contributed by atoms with Crippen LogP contribution in [0.2, 0.25) is 0 Å². The highest BCUT2D eigenvalue weighted by Gasteiger charge is 2.82. The van der Waals surface area contributed by atoms with Crippen molar-refractivity contribution in [2.45, 2.75) is 46.2 Å². The SMILES string of the molecule is O=C(OCCCCCl)C1CCC2C(C1)C1(Cl)C(Cl)=C(Cl)C2(Cl)C1(Cl)Cl. The van der Waals surface area contributed by atoms with Gasteiger partial charge in [-0.3, -0.25) is 4.79 Å². The molecule has 2 bridgehead atoms. The molecule has 5 atom stereocenters. The topological polar surface area (TPSA) is 26.3 Å². The number of esters is 1. The third kappa shape index (κ3) is 2.76. The lowest BCUT2D eigenvalue weighted by Crippen LogP contribution is -2.44. The molecule has 142 valence electrons. The van der Waals surface area contributed by atoms with Crippen molar-refractivity contribution in [2.24, 2.45) is 17.8 Å². The van der Waals surface area contributed by atoms with Gasteiger partial charge in [0.2, 0.25) is 0 Å². The molecule has 25 heavy (non-hydrogen) atoms. The maximum atomic E-state index is 12.4. The van der Waals surface area contributed by atoms with Crippen LogP contribution in [0.1, 0.15) is 32.1 Å². The van der Waals surface area contributed by atoms with Crippen LogP contribution < -0.4 is 0 Å². The largest absolute Gasteiger partial charge is 0.465 e. The molecule has 2 saturated carbocycles. The number of hydrogen-bond donors (Lipinski definition) is 0. The van der Waals surface area contributed by atoms with Gasteiger partial charge in [-0.15, -0.1) is 34.8 Å². The maximum Gasteiger partial charge on any atom is 0.308 e. The minimum absolute atomic E-state index is 0.142. The quantitative estimate of drug-likeness (QED) is 0.253. The summed E-state index contributed by atoms with van der Waals surface area (Å²) in [5, 5.41) is 0.410. The highest BCUT2D eigenvalue weighted by atomic mass is 35.5. The Hall–Kier alpha value is 1.24. The van der Waals surface area contributed by atoms with Crippen LogP contribution in [0, 0.1) is 17.8 Å². The number of carbonyl (C=O) groups is 1. The Balaban J connectivity index is 1.78. The van der Waals surface area contributed by atoms with Gasteiger partial charge < -0.3 is 4.74 Å². The van der Waals surface area contributed by atoms with E-state index in [2.05, 4.69) is 0 Å². The molecule has 2 fully saturated rings. The number of hydrogen-bond acceptors (Lipinski definition) is 2. The molecule has 0 aromatic rings. The van der Waals surface area contributed by atoms with Gasteiger partial charge in [-0.2, -0.15) is 0 Å². The summed E-state index contributed by atoms with van der Waals surface area (Å²) >= 11 is 45.1. The van der Waals surface area contributed by atoms with Gasteiger partial charge in [0.1, 0.15) is 9.75 Å². The Morgan fingerprint density at radius 3 is 2.20 bits per heavy atom. The standard InChI is InChI=1S/C16H17Cl7O2/c17-5-1-2-6-25-13(24)8-3-4-9-10(7-8)15(21)12(19)11(18)14(9,20)16(15,22)23/h8-10H,1-7H2. The van der Waals surface area contributed by atoms with Gasteiger partial charge in [-0.25, -0.2) is 0 Å². The molecular weight excluding hydrogens is 472 g/mol. The van der Waals surface area contributed by atoms with Crippen LogP contribution in [0.4, 0.5) is 0 Å². The minimum Gasteiger partial charge on any atom is -0.465 e. The van der Waals surface area contributed by atoms with E-state index in [-0.39, 0.29) is 33.8 Å². The zero-order valence-corrected chi connectivity index (χ0v) is 18.4. The first-order chi connectivity index (χ1) is 11.6. The summed E-state index contributed by atoms with van der Waals surface area (Å²) in [7, 11) is 0. The zero-order valence-electron chi connectivity index (χ0n) is 13.1. The first-order valence-corrected chi connectivity index (χ1v) is 11.0. The molecule has 0 amide bonds. The smallest absolute Gasteiger partial charge is 0.308 e. The van der Waals surface area contributed by atoms with Gasteiger partial charge in [0.25, 0.3) is 0 Å². The van der Waals surface area contributed by atoms with Crippen molar-refractivity contribution in [3.63, 3.8) is 0 Å². The highest BCUT2D eigenvalue weighted by molar-refractivity contribution is 6.65. The van der Waals surface area contributed by atoms with E-state index < -0.39 is 14.1 Å². The first-order valence-electron chi connectivity index (χ1n) is 8.18. The van der Waals surface area contributed by atoms with E-state index in [0.29, 0.717) is 31.7 Å². The highest BCUT2D eigenvalue weighted by Crippen LogP contribution is 2.78. The van der Waals surface area contributed by atoms with Crippen LogP contribution in [0.25, 0.3) is 0 Å². The normalized spacial score (nSPS) is 41.8. The average Bonchev–Trinajstić information content (AvgIpc) is 2.79. The fraction of sp³-hybridized carbons (Fsp3) is 0.812. The molecule has 3 rings (SSSR count). The number of allylic oxidation sites excluding steroid dienone is 2. The second kappa shape index (κ2) is 7.25. The molecule has 5 unspecified atom stereocenters. The lowest BCUT2D eigenvalue weighted by molar-refractivity contribution is -0.150. The van der Waals surface area contributed by atoms with Crippen molar-refractivity contribution >= 4 is 87.2 Å². The summed E-state index contributed by atoms with van der Waals surface area (Å²) in [5.74, 6) is -0.348. The van der Waals surface area contributed by atoms with E-state index >= 15 is 0 Å². The van der Waals surface area contributed by atoms with Gasteiger partial charge in [0, 0.05) is 5.88 Å². The number of alkyl halides is 5. The van der Waals surface area contributed by atoms with Crippen LogP contribution in [-0.4, -0.2) is 32.5 Å². The van der Waals surface area contributed by atoms with Crippen molar-refractivity contribution in [3.05, 3.63) is 10.1 Å². The van der Waals surface area contributed by atoms with Crippen LogP contribution in [0.15, 0.2) is 10.1 Å². The zero-order chi connectivity index (χ0) is 18.6.